The Balaban J connectivity index is 1.77. The van der Waals surface area contributed by atoms with E-state index in [1.165, 1.54) is 17.4 Å². The summed E-state index contributed by atoms with van der Waals surface area (Å²) in [7, 11) is 0. The third-order valence-corrected chi connectivity index (χ3v) is 4.66. The Morgan fingerprint density at radius 3 is 2.52 bits per heavy atom. The molecule has 1 aromatic carbocycles. The van der Waals surface area contributed by atoms with Crippen molar-refractivity contribution in [3.8, 4) is 5.69 Å². The predicted octanol–water partition coefficient (Wildman–Crippen LogP) is 3.33. The van der Waals surface area contributed by atoms with Crippen molar-refractivity contribution < 1.29 is 23.8 Å². The van der Waals surface area contributed by atoms with E-state index in [9.17, 15) is 9.59 Å². The minimum atomic E-state index is -0.703. The lowest BCUT2D eigenvalue weighted by molar-refractivity contribution is -0.143. The third-order valence-electron chi connectivity index (χ3n) is 4.66. The van der Waals surface area contributed by atoms with Gasteiger partial charge in [-0.2, -0.15) is 0 Å². The fraction of sp³-hybridized carbons (Fsp3) is 0.333. The average Bonchev–Trinajstić information content (AvgIpc) is 2.97. The van der Waals surface area contributed by atoms with Crippen molar-refractivity contribution in [1.82, 2.24) is 4.57 Å². The van der Waals surface area contributed by atoms with Gasteiger partial charge in [0.2, 0.25) is 11.5 Å². The molecule has 0 atom stereocenters. The quantitative estimate of drug-likeness (QED) is 0.597. The summed E-state index contributed by atoms with van der Waals surface area (Å²) >= 11 is 0. The second-order valence-corrected chi connectivity index (χ2v) is 6.59. The Morgan fingerprint density at radius 1 is 1.07 bits per heavy atom. The Morgan fingerprint density at radius 2 is 1.85 bits per heavy atom. The van der Waals surface area contributed by atoms with Gasteiger partial charge in [-0.05, 0) is 57.0 Å². The number of nitrogens with zero attached hydrogens (tertiary/aromatic N) is 1. The molecule has 142 valence electrons. The lowest BCUT2D eigenvalue weighted by Crippen LogP contribution is -2.20. The fourth-order valence-electron chi connectivity index (χ4n) is 3.06. The minimum Gasteiger partial charge on any atom is -0.493 e. The number of carbonyl (C=O) groups is 2. The molecule has 0 spiro atoms. The van der Waals surface area contributed by atoms with Crippen LogP contribution < -0.4 is 0 Å². The van der Waals surface area contributed by atoms with Crippen molar-refractivity contribution in [2.75, 3.05) is 19.8 Å². The Bertz CT molecular complexity index is 923. The molecular weight excluding hydrogens is 346 g/mol. The van der Waals surface area contributed by atoms with Crippen LogP contribution in [0.5, 0.6) is 0 Å². The molecule has 0 N–H and O–H groups in total. The SMILES string of the molecule is Cc1ccc(-n2c(C)cc(C(=O)COC(=O)C3=COCCO3)c2C)cc1C. The first kappa shape index (κ1) is 18.8. The Hall–Kier alpha value is -3.02. The molecule has 2 heterocycles. The molecule has 6 heteroatoms. The summed E-state index contributed by atoms with van der Waals surface area (Å²) in [6, 6.07) is 8.01. The molecule has 27 heavy (non-hydrogen) atoms. The van der Waals surface area contributed by atoms with E-state index in [2.05, 4.69) is 26.0 Å². The van der Waals surface area contributed by atoms with Gasteiger partial charge in [0, 0.05) is 22.6 Å². The summed E-state index contributed by atoms with van der Waals surface area (Å²) < 4.78 is 17.3. The van der Waals surface area contributed by atoms with Gasteiger partial charge in [0.15, 0.2) is 6.61 Å². The van der Waals surface area contributed by atoms with E-state index in [1.807, 2.05) is 30.5 Å². The fourth-order valence-corrected chi connectivity index (χ4v) is 3.06. The number of hydrogen-bond acceptors (Lipinski definition) is 5. The van der Waals surface area contributed by atoms with E-state index in [4.69, 9.17) is 14.2 Å². The number of carbonyl (C=O) groups excluding carboxylic acids is 2. The number of benzene rings is 1. The number of hydrogen-bond donors (Lipinski definition) is 0. The summed E-state index contributed by atoms with van der Waals surface area (Å²) in [5, 5.41) is 0. The van der Waals surface area contributed by atoms with Crippen LogP contribution in [0, 0.1) is 27.7 Å². The van der Waals surface area contributed by atoms with Crippen molar-refractivity contribution in [1.29, 1.82) is 0 Å². The van der Waals surface area contributed by atoms with E-state index in [0.717, 1.165) is 17.1 Å². The molecule has 0 unspecified atom stereocenters. The van der Waals surface area contributed by atoms with Crippen molar-refractivity contribution >= 4 is 11.8 Å². The summed E-state index contributed by atoms with van der Waals surface area (Å²) in [6.07, 6.45) is 1.21. The number of ketones is 1. The molecule has 0 fully saturated rings. The zero-order chi connectivity index (χ0) is 19.6. The van der Waals surface area contributed by atoms with E-state index in [-0.39, 0.29) is 24.8 Å². The number of Topliss-reactive ketones (excluding diaryl/α,β-unsaturated/α-hetero) is 1. The van der Waals surface area contributed by atoms with Gasteiger partial charge in [0.25, 0.3) is 0 Å². The summed E-state index contributed by atoms with van der Waals surface area (Å²) in [6.45, 7) is 8.28. The van der Waals surface area contributed by atoms with E-state index in [1.54, 1.807) is 0 Å². The van der Waals surface area contributed by atoms with Crippen LogP contribution in [-0.4, -0.2) is 36.1 Å². The molecule has 1 aliphatic heterocycles. The summed E-state index contributed by atoms with van der Waals surface area (Å²) in [5.41, 5.74) is 5.69. The lowest BCUT2D eigenvalue weighted by atomic mass is 10.1. The first-order chi connectivity index (χ1) is 12.9. The zero-order valence-electron chi connectivity index (χ0n) is 16.0. The molecule has 3 rings (SSSR count). The Labute approximate surface area is 158 Å². The normalized spacial score (nSPS) is 13.4. The second kappa shape index (κ2) is 7.70. The van der Waals surface area contributed by atoms with Gasteiger partial charge < -0.3 is 18.8 Å². The number of ether oxygens (including phenoxy) is 3. The number of esters is 1. The molecular formula is C21H23NO5. The highest BCUT2D eigenvalue weighted by atomic mass is 16.6. The van der Waals surface area contributed by atoms with E-state index >= 15 is 0 Å². The van der Waals surface area contributed by atoms with Crippen molar-refractivity contribution in [3.63, 3.8) is 0 Å². The second-order valence-electron chi connectivity index (χ2n) is 6.59. The van der Waals surface area contributed by atoms with Gasteiger partial charge in [0.1, 0.15) is 19.5 Å². The van der Waals surface area contributed by atoms with Gasteiger partial charge >= 0.3 is 5.97 Å². The van der Waals surface area contributed by atoms with Crippen LogP contribution >= 0.6 is 0 Å². The smallest absolute Gasteiger partial charge is 0.377 e. The van der Waals surface area contributed by atoms with Gasteiger partial charge in [-0.25, -0.2) is 4.79 Å². The summed E-state index contributed by atoms with van der Waals surface area (Å²) in [5.74, 6) is -0.982. The van der Waals surface area contributed by atoms with Gasteiger partial charge in [-0.3, -0.25) is 4.79 Å². The van der Waals surface area contributed by atoms with Gasteiger partial charge in [0.05, 0.1) is 0 Å². The maximum atomic E-state index is 12.6. The van der Waals surface area contributed by atoms with Crippen molar-refractivity contribution in [2.45, 2.75) is 27.7 Å². The first-order valence-corrected chi connectivity index (χ1v) is 8.80. The van der Waals surface area contributed by atoms with Crippen LogP contribution in [0.25, 0.3) is 5.69 Å². The molecule has 0 saturated heterocycles. The highest BCUT2D eigenvalue weighted by molar-refractivity contribution is 6.00. The molecule has 0 amide bonds. The number of aromatic nitrogens is 1. The van der Waals surface area contributed by atoms with Gasteiger partial charge in [-0.15, -0.1) is 0 Å². The third kappa shape index (κ3) is 3.89. The Kier molecular flexibility index (Phi) is 5.35. The van der Waals surface area contributed by atoms with E-state index in [0.29, 0.717) is 12.2 Å². The average molecular weight is 369 g/mol. The maximum Gasteiger partial charge on any atom is 0.377 e. The predicted molar refractivity (Wildman–Crippen MR) is 100.0 cm³/mol. The van der Waals surface area contributed by atoms with Crippen LogP contribution in [0.15, 0.2) is 36.3 Å². The molecule has 0 radical (unpaired) electrons. The van der Waals surface area contributed by atoms with Crippen LogP contribution in [0.4, 0.5) is 0 Å². The monoisotopic (exact) mass is 369 g/mol. The number of aryl methyl sites for hydroxylation is 3. The minimum absolute atomic E-state index is 0.0188. The summed E-state index contributed by atoms with van der Waals surface area (Å²) in [4.78, 5) is 24.5. The largest absolute Gasteiger partial charge is 0.493 e. The molecule has 0 aliphatic carbocycles. The van der Waals surface area contributed by atoms with Crippen LogP contribution in [0.2, 0.25) is 0 Å². The van der Waals surface area contributed by atoms with Crippen LogP contribution in [-0.2, 0) is 19.0 Å². The molecule has 0 bridgehead atoms. The zero-order valence-corrected chi connectivity index (χ0v) is 16.0. The standard InChI is InChI=1S/C21H23NO5/c1-13-5-6-17(9-14(13)2)22-15(3)10-18(16(22)4)19(23)11-27-21(24)20-12-25-7-8-26-20/h5-6,9-10,12H,7-8,11H2,1-4H3. The molecule has 2 aromatic rings. The maximum absolute atomic E-state index is 12.6. The van der Waals surface area contributed by atoms with Gasteiger partial charge in [-0.1, -0.05) is 6.07 Å². The first-order valence-electron chi connectivity index (χ1n) is 8.80. The molecule has 1 aromatic heterocycles. The molecule has 6 nitrogen and oxygen atoms in total. The molecule has 1 aliphatic rings. The number of rotatable bonds is 5. The topological polar surface area (TPSA) is 66.8 Å². The van der Waals surface area contributed by atoms with Crippen molar-refractivity contribution in [3.05, 3.63) is 64.4 Å². The van der Waals surface area contributed by atoms with Crippen LogP contribution in [0.1, 0.15) is 32.9 Å². The highest BCUT2D eigenvalue weighted by Crippen LogP contribution is 2.23. The van der Waals surface area contributed by atoms with E-state index < -0.39 is 5.97 Å². The van der Waals surface area contributed by atoms with Crippen LogP contribution in [0.3, 0.4) is 0 Å². The lowest BCUT2D eigenvalue weighted by Gasteiger charge is -2.14. The highest BCUT2D eigenvalue weighted by Gasteiger charge is 2.21. The van der Waals surface area contributed by atoms with Crippen molar-refractivity contribution in [2.24, 2.45) is 0 Å². The molecule has 0 saturated carbocycles.